The van der Waals surface area contributed by atoms with Crippen LogP contribution in [0.4, 0.5) is 5.13 Å². The highest BCUT2D eigenvalue weighted by Gasteiger charge is 2.16. The summed E-state index contributed by atoms with van der Waals surface area (Å²) in [5.74, 6) is 0.514. The molecule has 6 nitrogen and oxygen atoms in total. The maximum absolute atomic E-state index is 12.8. The van der Waals surface area contributed by atoms with E-state index in [9.17, 15) is 4.79 Å². The first-order chi connectivity index (χ1) is 13.8. The number of carbonyl (C=O) groups excluding carboxylic acids is 1. The number of fused-ring (bicyclic) bond motifs is 2. The average molecular weight is 385 g/mol. The fourth-order valence-electron chi connectivity index (χ4n) is 3.15. The Labute approximate surface area is 164 Å². The van der Waals surface area contributed by atoms with Crippen molar-refractivity contribution in [3.05, 3.63) is 72.9 Å². The van der Waals surface area contributed by atoms with E-state index in [-0.39, 0.29) is 12.5 Å². The standard InChI is InChI=1S/C21H15N5OS/c27-19(25-21-24-15-8-2-4-11-18(15)28-21)13-26-17-10-3-1-7-14(17)23-20(26)16-9-5-6-12-22-16/h1-12H,13H2,(H,24,25,27). The minimum absolute atomic E-state index is 0.127. The molecule has 0 bridgehead atoms. The molecule has 0 aliphatic rings. The van der Waals surface area contributed by atoms with Crippen LogP contribution in [0.25, 0.3) is 32.8 Å². The summed E-state index contributed by atoms with van der Waals surface area (Å²) in [7, 11) is 0. The van der Waals surface area contributed by atoms with Crippen molar-refractivity contribution < 1.29 is 4.79 Å². The molecule has 0 saturated heterocycles. The SMILES string of the molecule is O=C(Cn1c(-c2ccccn2)nc2ccccc21)Nc1nc2ccccc2s1. The first-order valence-corrected chi connectivity index (χ1v) is 9.62. The van der Waals surface area contributed by atoms with E-state index >= 15 is 0 Å². The molecule has 2 aromatic carbocycles. The van der Waals surface area contributed by atoms with E-state index in [1.165, 1.54) is 11.3 Å². The molecule has 0 radical (unpaired) electrons. The van der Waals surface area contributed by atoms with Gasteiger partial charge in [0.05, 0.1) is 21.3 Å². The van der Waals surface area contributed by atoms with Gasteiger partial charge in [0.1, 0.15) is 12.2 Å². The minimum Gasteiger partial charge on any atom is -0.313 e. The Morgan fingerprint density at radius 2 is 1.71 bits per heavy atom. The summed E-state index contributed by atoms with van der Waals surface area (Å²) >= 11 is 1.46. The molecule has 5 rings (SSSR count). The lowest BCUT2D eigenvalue weighted by Crippen LogP contribution is -2.19. The van der Waals surface area contributed by atoms with Crippen LogP contribution >= 0.6 is 11.3 Å². The summed E-state index contributed by atoms with van der Waals surface area (Å²) in [5, 5.41) is 3.51. The van der Waals surface area contributed by atoms with Crippen molar-refractivity contribution in [3.63, 3.8) is 0 Å². The number of imidazole rings is 1. The smallest absolute Gasteiger partial charge is 0.246 e. The van der Waals surface area contributed by atoms with E-state index in [1.54, 1.807) is 6.20 Å². The molecule has 1 amide bonds. The number of anilines is 1. The maximum atomic E-state index is 12.8. The van der Waals surface area contributed by atoms with Crippen molar-refractivity contribution in [2.75, 3.05) is 5.32 Å². The van der Waals surface area contributed by atoms with Crippen molar-refractivity contribution in [2.24, 2.45) is 0 Å². The molecule has 0 saturated carbocycles. The highest BCUT2D eigenvalue weighted by molar-refractivity contribution is 7.22. The van der Waals surface area contributed by atoms with Gasteiger partial charge < -0.3 is 9.88 Å². The fourth-order valence-corrected chi connectivity index (χ4v) is 4.04. The van der Waals surface area contributed by atoms with Gasteiger partial charge in [0.2, 0.25) is 5.91 Å². The highest BCUT2D eigenvalue weighted by atomic mass is 32.1. The van der Waals surface area contributed by atoms with Gasteiger partial charge in [0, 0.05) is 6.20 Å². The van der Waals surface area contributed by atoms with Crippen LogP contribution in [0.15, 0.2) is 72.9 Å². The fraction of sp³-hybridized carbons (Fsp3) is 0.0476. The molecule has 1 N–H and O–H groups in total. The van der Waals surface area contributed by atoms with E-state index in [4.69, 9.17) is 0 Å². The number of nitrogens with one attached hydrogen (secondary N) is 1. The third-order valence-corrected chi connectivity index (χ3v) is 5.34. The van der Waals surface area contributed by atoms with E-state index in [0.29, 0.717) is 11.0 Å². The second-order valence-corrected chi connectivity index (χ2v) is 7.29. The molecule has 3 heterocycles. The lowest BCUT2D eigenvalue weighted by atomic mass is 10.3. The Balaban J connectivity index is 1.49. The number of carbonyl (C=O) groups is 1. The largest absolute Gasteiger partial charge is 0.313 e. The lowest BCUT2D eigenvalue weighted by molar-refractivity contribution is -0.116. The van der Waals surface area contributed by atoms with Crippen molar-refractivity contribution in [1.82, 2.24) is 19.5 Å². The summed E-state index contributed by atoms with van der Waals surface area (Å²) in [4.78, 5) is 26.3. The number of hydrogen-bond acceptors (Lipinski definition) is 5. The molecular weight excluding hydrogens is 370 g/mol. The van der Waals surface area contributed by atoms with Crippen LogP contribution in [0, 0.1) is 0 Å². The monoisotopic (exact) mass is 385 g/mol. The van der Waals surface area contributed by atoms with Gasteiger partial charge in [0.25, 0.3) is 0 Å². The van der Waals surface area contributed by atoms with Gasteiger partial charge in [-0.2, -0.15) is 0 Å². The van der Waals surface area contributed by atoms with Gasteiger partial charge in [-0.1, -0.05) is 41.7 Å². The number of benzene rings is 2. The van der Waals surface area contributed by atoms with Crippen molar-refractivity contribution >= 4 is 43.6 Å². The lowest BCUT2D eigenvalue weighted by Gasteiger charge is -2.08. The van der Waals surface area contributed by atoms with Crippen LogP contribution in [0.2, 0.25) is 0 Å². The van der Waals surface area contributed by atoms with Crippen LogP contribution in [0.1, 0.15) is 0 Å². The molecule has 0 fully saturated rings. The number of amides is 1. The Morgan fingerprint density at radius 3 is 2.54 bits per heavy atom. The molecule has 0 aliphatic heterocycles. The molecule has 0 atom stereocenters. The van der Waals surface area contributed by atoms with Gasteiger partial charge in [0.15, 0.2) is 11.0 Å². The Hall–Kier alpha value is -3.58. The molecule has 7 heteroatoms. The van der Waals surface area contributed by atoms with E-state index < -0.39 is 0 Å². The number of hydrogen-bond donors (Lipinski definition) is 1. The molecule has 28 heavy (non-hydrogen) atoms. The molecule has 3 aromatic heterocycles. The number of aromatic nitrogens is 4. The normalized spacial score (nSPS) is 11.1. The van der Waals surface area contributed by atoms with Gasteiger partial charge in [-0.15, -0.1) is 0 Å². The second-order valence-electron chi connectivity index (χ2n) is 6.26. The first-order valence-electron chi connectivity index (χ1n) is 8.80. The zero-order valence-corrected chi connectivity index (χ0v) is 15.6. The quantitative estimate of drug-likeness (QED) is 0.499. The number of thiazole rings is 1. The third kappa shape index (κ3) is 3.01. The van der Waals surface area contributed by atoms with Gasteiger partial charge in [-0.25, -0.2) is 9.97 Å². The summed E-state index contributed by atoms with van der Waals surface area (Å²) < 4.78 is 2.93. The number of nitrogens with zero attached hydrogens (tertiary/aromatic N) is 4. The topological polar surface area (TPSA) is 72.7 Å². The third-order valence-electron chi connectivity index (χ3n) is 4.39. The van der Waals surface area contributed by atoms with Crippen LogP contribution in [-0.2, 0) is 11.3 Å². The van der Waals surface area contributed by atoms with Crippen LogP contribution < -0.4 is 5.32 Å². The molecule has 0 aliphatic carbocycles. The summed E-state index contributed by atoms with van der Waals surface area (Å²) in [6, 6.07) is 21.2. The van der Waals surface area contributed by atoms with Crippen LogP contribution in [-0.4, -0.2) is 25.4 Å². The number of para-hydroxylation sites is 3. The van der Waals surface area contributed by atoms with Crippen molar-refractivity contribution in [2.45, 2.75) is 6.54 Å². The van der Waals surface area contributed by atoms with Crippen molar-refractivity contribution in [3.8, 4) is 11.5 Å². The van der Waals surface area contributed by atoms with E-state index in [2.05, 4.69) is 20.3 Å². The molecular formula is C21H15N5OS. The first kappa shape index (κ1) is 16.6. The van der Waals surface area contributed by atoms with Gasteiger partial charge >= 0.3 is 0 Å². The summed E-state index contributed by atoms with van der Waals surface area (Å²) in [5.41, 5.74) is 3.33. The Kier molecular flexibility index (Phi) is 4.06. The second kappa shape index (κ2) is 6.86. The van der Waals surface area contributed by atoms with Gasteiger partial charge in [-0.05, 0) is 36.4 Å². The number of pyridine rings is 1. The van der Waals surface area contributed by atoms with Crippen LogP contribution in [0.3, 0.4) is 0 Å². The summed E-state index contributed by atoms with van der Waals surface area (Å²) in [6.45, 7) is 0.127. The van der Waals surface area contributed by atoms with E-state index in [1.807, 2.05) is 71.3 Å². The zero-order valence-electron chi connectivity index (χ0n) is 14.7. The average Bonchev–Trinajstić information content (AvgIpc) is 3.29. The predicted molar refractivity (Wildman–Crippen MR) is 111 cm³/mol. The van der Waals surface area contributed by atoms with Crippen molar-refractivity contribution in [1.29, 1.82) is 0 Å². The molecule has 0 spiro atoms. The molecule has 0 unspecified atom stereocenters. The molecule has 5 aromatic rings. The van der Waals surface area contributed by atoms with Gasteiger partial charge in [-0.3, -0.25) is 9.78 Å². The summed E-state index contributed by atoms with van der Waals surface area (Å²) in [6.07, 6.45) is 1.72. The Morgan fingerprint density at radius 1 is 0.929 bits per heavy atom. The maximum Gasteiger partial charge on any atom is 0.246 e. The Bertz CT molecular complexity index is 1260. The van der Waals surface area contributed by atoms with Crippen LogP contribution in [0.5, 0.6) is 0 Å². The predicted octanol–water partition coefficient (Wildman–Crippen LogP) is 4.35. The number of rotatable bonds is 4. The molecule has 136 valence electrons. The van der Waals surface area contributed by atoms with E-state index in [0.717, 1.165) is 26.9 Å². The zero-order chi connectivity index (χ0) is 18.9. The highest BCUT2D eigenvalue weighted by Crippen LogP contribution is 2.26. The minimum atomic E-state index is -0.153.